The van der Waals surface area contributed by atoms with Gasteiger partial charge in [-0.25, -0.2) is 0 Å². The molecule has 3 rings (SSSR count). The first-order valence-corrected chi connectivity index (χ1v) is 10.1. The van der Waals surface area contributed by atoms with Gasteiger partial charge in [0.15, 0.2) is 5.69 Å². The number of amides is 1. The van der Waals surface area contributed by atoms with Gasteiger partial charge in [0.05, 0.1) is 6.61 Å². The molecule has 2 aliphatic carbocycles. The Morgan fingerprint density at radius 3 is 2.65 bits per heavy atom. The fourth-order valence-electron chi connectivity index (χ4n) is 4.48. The quantitative estimate of drug-likeness (QED) is 0.724. The summed E-state index contributed by atoms with van der Waals surface area (Å²) in [6.45, 7) is 5.06. The molecule has 1 fully saturated rings. The minimum atomic E-state index is -0.312. The van der Waals surface area contributed by atoms with Crippen molar-refractivity contribution in [1.82, 2.24) is 20.4 Å². The van der Waals surface area contributed by atoms with Gasteiger partial charge < -0.3 is 15.7 Å². The lowest BCUT2D eigenvalue weighted by molar-refractivity contribution is 0.0955. The highest BCUT2D eigenvalue weighted by atomic mass is 16.3. The van der Waals surface area contributed by atoms with Crippen LogP contribution in [0.1, 0.15) is 74.1 Å². The molecule has 6 heteroatoms. The number of carbonyl (C=O) groups is 1. The van der Waals surface area contributed by atoms with Crippen LogP contribution in [-0.4, -0.2) is 46.0 Å². The summed E-state index contributed by atoms with van der Waals surface area (Å²) < 4.78 is 2.13. The normalized spacial score (nSPS) is 21.5. The van der Waals surface area contributed by atoms with Crippen LogP contribution in [0.15, 0.2) is 0 Å². The van der Waals surface area contributed by atoms with Crippen molar-refractivity contribution in [3.05, 3.63) is 17.0 Å². The Hall–Kier alpha value is -1.40. The first-order valence-electron chi connectivity index (χ1n) is 10.1. The number of fused-ring (bicyclic) bond motifs is 1. The fraction of sp³-hybridized carbons (Fsp3) is 0.800. The minimum absolute atomic E-state index is 0.0919. The van der Waals surface area contributed by atoms with Gasteiger partial charge in [0.25, 0.3) is 5.91 Å². The van der Waals surface area contributed by atoms with Crippen molar-refractivity contribution in [3.63, 3.8) is 0 Å². The van der Waals surface area contributed by atoms with Crippen LogP contribution in [0.2, 0.25) is 0 Å². The molecule has 0 bridgehead atoms. The van der Waals surface area contributed by atoms with Gasteiger partial charge in [0, 0.05) is 36.4 Å². The molecule has 0 aliphatic heterocycles. The third-order valence-electron chi connectivity index (χ3n) is 5.93. The molecule has 26 heavy (non-hydrogen) atoms. The van der Waals surface area contributed by atoms with Gasteiger partial charge in [-0.15, -0.1) is 0 Å². The summed E-state index contributed by atoms with van der Waals surface area (Å²) in [6.07, 6.45) is 9.29. The number of nitrogens with one attached hydrogen (secondary N) is 2. The average Bonchev–Trinajstić information content (AvgIpc) is 2.99. The van der Waals surface area contributed by atoms with Crippen LogP contribution in [-0.2, 0) is 19.4 Å². The molecule has 2 aliphatic rings. The number of carbonyl (C=O) groups excluding carboxylic acids is 1. The van der Waals surface area contributed by atoms with E-state index in [0.717, 1.165) is 31.4 Å². The van der Waals surface area contributed by atoms with Crippen LogP contribution in [0, 0.1) is 5.92 Å². The van der Waals surface area contributed by atoms with E-state index in [4.69, 9.17) is 5.10 Å². The van der Waals surface area contributed by atoms with Gasteiger partial charge >= 0.3 is 0 Å². The van der Waals surface area contributed by atoms with Crippen molar-refractivity contribution >= 4 is 5.91 Å². The second kappa shape index (κ2) is 8.09. The van der Waals surface area contributed by atoms with Crippen molar-refractivity contribution in [1.29, 1.82) is 0 Å². The van der Waals surface area contributed by atoms with E-state index in [-0.39, 0.29) is 24.1 Å². The number of aliphatic hydroxyl groups excluding tert-OH is 1. The largest absolute Gasteiger partial charge is 0.394 e. The summed E-state index contributed by atoms with van der Waals surface area (Å²) in [5.74, 6) is 0.597. The molecule has 1 amide bonds. The van der Waals surface area contributed by atoms with Gasteiger partial charge in [-0.2, -0.15) is 5.10 Å². The van der Waals surface area contributed by atoms with Crippen molar-refractivity contribution in [2.75, 3.05) is 13.7 Å². The maximum absolute atomic E-state index is 12.4. The number of aliphatic hydroxyl groups is 1. The molecule has 0 radical (unpaired) electrons. The third-order valence-corrected chi connectivity index (χ3v) is 5.93. The maximum Gasteiger partial charge on any atom is 0.271 e. The van der Waals surface area contributed by atoms with E-state index in [9.17, 15) is 9.90 Å². The molecule has 3 N–H and O–H groups in total. The lowest BCUT2D eigenvalue weighted by Crippen LogP contribution is -2.50. The van der Waals surface area contributed by atoms with Crippen molar-refractivity contribution in [2.45, 2.75) is 83.3 Å². The highest BCUT2D eigenvalue weighted by molar-refractivity contribution is 5.93. The zero-order chi connectivity index (χ0) is 18.7. The molecule has 1 atom stereocenters. The topological polar surface area (TPSA) is 79.2 Å². The molecule has 1 heterocycles. The van der Waals surface area contributed by atoms with Crippen LogP contribution in [0.3, 0.4) is 0 Å². The Bertz CT molecular complexity index is 632. The Morgan fingerprint density at radius 1 is 1.27 bits per heavy atom. The predicted molar refractivity (Wildman–Crippen MR) is 102 cm³/mol. The summed E-state index contributed by atoms with van der Waals surface area (Å²) in [5, 5.41) is 20.6. The number of hydrogen-bond acceptors (Lipinski definition) is 4. The molecule has 1 aromatic rings. The molecule has 146 valence electrons. The first kappa shape index (κ1) is 19.4. The second-order valence-electron chi connectivity index (χ2n) is 8.67. The van der Waals surface area contributed by atoms with Crippen molar-refractivity contribution < 1.29 is 9.90 Å². The van der Waals surface area contributed by atoms with Gasteiger partial charge in [-0.1, -0.05) is 19.3 Å². The molecular weight excluding hydrogens is 328 g/mol. The van der Waals surface area contributed by atoms with E-state index in [2.05, 4.69) is 15.3 Å². The number of aromatic nitrogens is 2. The minimum Gasteiger partial charge on any atom is -0.394 e. The average molecular weight is 363 g/mol. The lowest BCUT2D eigenvalue weighted by atomic mass is 9.88. The summed E-state index contributed by atoms with van der Waals surface area (Å²) >= 11 is 0. The van der Waals surface area contributed by atoms with Gasteiger partial charge in [0.1, 0.15) is 0 Å². The Kier molecular flexibility index (Phi) is 6.03. The van der Waals surface area contributed by atoms with E-state index >= 15 is 0 Å². The van der Waals surface area contributed by atoms with Crippen LogP contribution in [0.4, 0.5) is 0 Å². The standard InChI is InChI=1S/C20H34N4O2/c1-20(2,13-25)22-15-9-10-17-16(11-15)18(19(26)21-3)23-24(17)12-14-7-5-4-6-8-14/h14-15,22,25H,4-13H2,1-3H3,(H,21,26). The molecule has 1 unspecified atom stereocenters. The van der Waals surface area contributed by atoms with E-state index in [0.29, 0.717) is 11.6 Å². The zero-order valence-electron chi connectivity index (χ0n) is 16.5. The van der Waals surface area contributed by atoms with Crippen LogP contribution in [0.5, 0.6) is 0 Å². The number of nitrogens with zero attached hydrogens (tertiary/aromatic N) is 2. The van der Waals surface area contributed by atoms with Crippen LogP contribution < -0.4 is 10.6 Å². The van der Waals surface area contributed by atoms with E-state index < -0.39 is 0 Å². The smallest absolute Gasteiger partial charge is 0.271 e. The molecule has 1 saturated carbocycles. The molecule has 6 nitrogen and oxygen atoms in total. The summed E-state index contributed by atoms with van der Waals surface area (Å²) in [4.78, 5) is 12.4. The van der Waals surface area contributed by atoms with E-state index in [1.165, 1.54) is 37.8 Å². The van der Waals surface area contributed by atoms with Crippen molar-refractivity contribution in [3.8, 4) is 0 Å². The van der Waals surface area contributed by atoms with Gasteiger partial charge in [0.2, 0.25) is 0 Å². The second-order valence-corrected chi connectivity index (χ2v) is 8.67. The maximum atomic E-state index is 12.4. The monoisotopic (exact) mass is 362 g/mol. The van der Waals surface area contributed by atoms with E-state index in [1.807, 2.05) is 13.8 Å². The fourth-order valence-corrected chi connectivity index (χ4v) is 4.48. The molecule has 1 aromatic heterocycles. The van der Waals surface area contributed by atoms with Gasteiger partial charge in [-0.05, 0) is 51.9 Å². The molecular formula is C20H34N4O2. The van der Waals surface area contributed by atoms with Crippen LogP contribution in [0.25, 0.3) is 0 Å². The molecule has 0 saturated heterocycles. The van der Waals surface area contributed by atoms with Crippen LogP contribution >= 0.6 is 0 Å². The van der Waals surface area contributed by atoms with Gasteiger partial charge in [-0.3, -0.25) is 9.48 Å². The highest BCUT2D eigenvalue weighted by Gasteiger charge is 2.32. The number of hydrogen-bond donors (Lipinski definition) is 3. The Labute approximate surface area is 156 Å². The first-order chi connectivity index (χ1) is 12.4. The van der Waals surface area contributed by atoms with E-state index in [1.54, 1.807) is 7.05 Å². The zero-order valence-corrected chi connectivity index (χ0v) is 16.5. The summed E-state index contributed by atoms with van der Waals surface area (Å²) in [5.41, 5.74) is 2.62. The molecule has 0 spiro atoms. The Morgan fingerprint density at radius 2 is 2.00 bits per heavy atom. The highest BCUT2D eigenvalue weighted by Crippen LogP contribution is 2.30. The predicted octanol–water partition coefficient (Wildman–Crippen LogP) is 2.04. The number of rotatable bonds is 6. The summed E-state index contributed by atoms with van der Waals surface area (Å²) in [7, 11) is 1.67. The third kappa shape index (κ3) is 4.29. The Balaban J connectivity index is 1.82. The summed E-state index contributed by atoms with van der Waals surface area (Å²) in [6, 6.07) is 0.264. The van der Waals surface area contributed by atoms with Crippen molar-refractivity contribution in [2.24, 2.45) is 5.92 Å². The molecule has 0 aromatic carbocycles. The lowest BCUT2D eigenvalue weighted by Gasteiger charge is -2.33. The SMILES string of the molecule is CNC(=O)c1nn(CC2CCCCC2)c2c1CC(NC(C)(C)CO)CC2.